The third kappa shape index (κ3) is 10.1. The van der Waals surface area contributed by atoms with Crippen molar-refractivity contribution < 1.29 is 42.3 Å². The molecular weight excluding hydrogens is 257 g/mol. The Bertz CT molecular complexity index is 170. The Morgan fingerprint density at radius 3 is 2.29 bits per heavy atom. The van der Waals surface area contributed by atoms with Gasteiger partial charge in [0, 0.05) is 45.0 Å². The number of unbranched alkanes of at least 4 members (excludes halogenated alkanes) is 1. The first-order chi connectivity index (χ1) is 6.06. The van der Waals surface area contributed by atoms with Gasteiger partial charge in [-0.25, -0.2) is 0 Å². The van der Waals surface area contributed by atoms with Crippen LogP contribution < -0.4 is 5.73 Å². The van der Waals surface area contributed by atoms with Gasteiger partial charge in [0.2, 0.25) is 5.91 Å². The molecule has 0 bridgehead atoms. The monoisotopic (exact) mass is 274 g/mol. The standard InChI is InChI=1S/C9H18N2O2.Y/c1-2-3-4-7(5-8(10)12)6-9(11)13;/h7H,2-6H2,1H3,(H4,10,11,12,13);/p-1. The molecule has 3 N–H and O–H groups in total. The number of hydrogen-bond acceptors (Lipinski definition) is 2. The van der Waals surface area contributed by atoms with E-state index in [9.17, 15) is 9.59 Å². The van der Waals surface area contributed by atoms with Crippen molar-refractivity contribution in [3.63, 3.8) is 0 Å². The Labute approximate surface area is 110 Å². The summed E-state index contributed by atoms with van der Waals surface area (Å²) < 4.78 is 0. The second-order valence-corrected chi connectivity index (χ2v) is 3.31. The van der Waals surface area contributed by atoms with Gasteiger partial charge in [0.25, 0.3) is 0 Å². The van der Waals surface area contributed by atoms with Gasteiger partial charge >= 0.3 is 0 Å². The van der Waals surface area contributed by atoms with Crippen LogP contribution in [0.2, 0.25) is 0 Å². The quantitative estimate of drug-likeness (QED) is 0.765. The molecule has 0 aromatic rings. The predicted octanol–water partition coefficient (Wildman–Crippen LogP) is 1.63. The average Bonchev–Trinajstić information content (AvgIpc) is 1.98. The smallest absolute Gasteiger partial charge is 0.217 e. The van der Waals surface area contributed by atoms with Crippen molar-refractivity contribution in [1.82, 2.24) is 0 Å². The number of carbonyl (C=O) groups excluding carboxylic acids is 2. The fraction of sp³-hybridized carbons (Fsp3) is 0.778. The molecule has 0 spiro atoms. The van der Waals surface area contributed by atoms with E-state index in [4.69, 9.17) is 11.5 Å². The number of rotatable bonds is 7. The van der Waals surface area contributed by atoms with E-state index in [0.717, 1.165) is 19.3 Å². The number of carbonyl (C=O) groups is 2. The summed E-state index contributed by atoms with van der Waals surface area (Å²) in [6, 6.07) is 0. The zero-order valence-electron chi connectivity index (χ0n) is 8.58. The van der Waals surface area contributed by atoms with E-state index in [1.165, 1.54) is 0 Å². The molecule has 0 aromatic heterocycles. The molecule has 79 valence electrons. The zero-order chi connectivity index (χ0) is 10.3. The van der Waals surface area contributed by atoms with Crippen LogP contribution in [0.25, 0.3) is 5.73 Å². The number of amides is 2. The van der Waals surface area contributed by atoms with E-state index in [2.05, 4.69) is 0 Å². The molecule has 0 rings (SSSR count). The summed E-state index contributed by atoms with van der Waals surface area (Å²) in [5.41, 5.74) is 11.8. The molecule has 1 radical (unpaired) electrons. The van der Waals surface area contributed by atoms with Gasteiger partial charge in [-0.1, -0.05) is 19.8 Å². The van der Waals surface area contributed by atoms with Gasteiger partial charge in [0.15, 0.2) is 0 Å². The summed E-state index contributed by atoms with van der Waals surface area (Å²) >= 11 is 0. The molecule has 0 aliphatic carbocycles. The van der Waals surface area contributed by atoms with Crippen LogP contribution >= 0.6 is 0 Å². The molecule has 0 aromatic carbocycles. The maximum Gasteiger partial charge on any atom is 0.217 e. The Hall–Kier alpha value is 0.0439. The second-order valence-electron chi connectivity index (χ2n) is 3.31. The van der Waals surface area contributed by atoms with E-state index in [1.807, 2.05) is 6.92 Å². The predicted molar refractivity (Wildman–Crippen MR) is 50.8 cm³/mol. The van der Waals surface area contributed by atoms with Crippen LogP contribution in [0.1, 0.15) is 39.0 Å². The van der Waals surface area contributed by atoms with Crippen LogP contribution in [0, 0.1) is 5.92 Å². The van der Waals surface area contributed by atoms with E-state index < -0.39 is 5.91 Å². The van der Waals surface area contributed by atoms with Gasteiger partial charge in [-0.05, 0) is 18.8 Å². The fourth-order valence-corrected chi connectivity index (χ4v) is 1.32. The first-order valence-corrected chi connectivity index (χ1v) is 4.59. The summed E-state index contributed by atoms with van der Waals surface area (Å²) in [4.78, 5) is 21.1. The third-order valence-electron chi connectivity index (χ3n) is 1.93. The minimum absolute atomic E-state index is 0. The van der Waals surface area contributed by atoms with Crippen LogP contribution in [-0.2, 0) is 42.3 Å². The molecule has 0 heterocycles. The topological polar surface area (TPSA) is 84.0 Å². The van der Waals surface area contributed by atoms with Crippen LogP contribution in [0.15, 0.2) is 0 Å². The van der Waals surface area contributed by atoms with Crippen molar-refractivity contribution in [2.75, 3.05) is 0 Å². The van der Waals surface area contributed by atoms with Crippen molar-refractivity contribution in [2.24, 2.45) is 11.7 Å². The SMILES string of the molecule is CCCCC(CC([NH-])=O)CC(N)=O.[Y]. The molecule has 1 unspecified atom stereocenters. The molecule has 0 aliphatic heterocycles. The van der Waals surface area contributed by atoms with E-state index in [-0.39, 0.29) is 57.4 Å². The Balaban J connectivity index is 0. The molecule has 0 saturated carbocycles. The molecular formula is C9H17N2O2Y-. The summed E-state index contributed by atoms with van der Waals surface area (Å²) in [5, 5.41) is 0. The maximum absolute atomic E-state index is 10.6. The minimum atomic E-state index is -0.609. The van der Waals surface area contributed by atoms with E-state index >= 15 is 0 Å². The van der Waals surface area contributed by atoms with Crippen molar-refractivity contribution in [3.05, 3.63) is 5.73 Å². The fourth-order valence-electron chi connectivity index (χ4n) is 1.32. The molecule has 14 heavy (non-hydrogen) atoms. The first kappa shape index (κ1) is 16.5. The summed E-state index contributed by atoms with van der Waals surface area (Å²) in [7, 11) is 0. The molecule has 1 atom stereocenters. The largest absolute Gasteiger partial charge is 0.668 e. The van der Waals surface area contributed by atoms with Crippen LogP contribution in [0.5, 0.6) is 0 Å². The Morgan fingerprint density at radius 1 is 1.36 bits per heavy atom. The van der Waals surface area contributed by atoms with Crippen molar-refractivity contribution in [3.8, 4) is 0 Å². The van der Waals surface area contributed by atoms with Crippen LogP contribution in [-0.4, -0.2) is 11.8 Å². The van der Waals surface area contributed by atoms with Gasteiger partial charge in [0.05, 0.1) is 0 Å². The normalized spacial score (nSPS) is 11.5. The van der Waals surface area contributed by atoms with E-state index in [0.29, 0.717) is 0 Å². The van der Waals surface area contributed by atoms with E-state index in [1.54, 1.807) is 0 Å². The Morgan fingerprint density at radius 2 is 1.93 bits per heavy atom. The van der Waals surface area contributed by atoms with Gasteiger partial charge < -0.3 is 16.3 Å². The first-order valence-electron chi connectivity index (χ1n) is 4.59. The molecule has 4 nitrogen and oxygen atoms in total. The zero-order valence-corrected chi connectivity index (χ0v) is 11.4. The third-order valence-corrected chi connectivity index (χ3v) is 1.93. The molecule has 2 amide bonds. The van der Waals surface area contributed by atoms with Gasteiger partial charge in [-0.3, -0.25) is 4.79 Å². The summed E-state index contributed by atoms with van der Waals surface area (Å²) in [6.45, 7) is 2.05. The van der Waals surface area contributed by atoms with Gasteiger partial charge in [-0.15, -0.1) is 0 Å². The number of nitrogens with one attached hydrogen (secondary N) is 1. The number of nitrogens with two attached hydrogens (primary N) is 1. The van der Waals surface area contributed by atoms with Crippen LogP contribution in [0.4, 0.5) is 0 Å². The molecule has 0 aliphatic rings. The number of hydrogen-bond donors (Lipinski definition) is 1. The summed E-state index contributed by atoms with van der Waals surface area (Å²) in [5.74, 6) is -1.02. The molecule has 0 fully saturated rings. The average molecular weight is 274 g/mol. The summed E-state index contributed by atoms with van der Waals surface area (Å²) in [6.07, 6.45) is 3.20. The van der Waals surface area contributed by atoms with Crippen molar-refractivity contribution in [1.29, 1.82) is 0 Å². The maximum atomic E-state index is 10.6. The van der Waals surface area contributed by atoms with Crippen molar-refractivity contribution >= 4 is 11.8 Å². The van der Waals surface area contributed by atoms with Gasteiger partial charge in [0.1, 0.15) is 0 Å². The molecule has 0 saturated heterocycles. The van der Waals surface area contributed by atoms with Crippen molar-refractivity contribution in [2.45, 2.75) is 39.0 Å². The number of primary amides is 1. The molecule has 5 heteroatoms. The van der Waals surface area contributed by atoms with Crippen LogP contribution in [0.3, 0.4) is 0 Å². The van der Waals surface area contributed by atoms with Gasteiger partial charge in [-0.2, -0.15) is 0 Å². The Kier molecular flexibility index (Phi) is 11.3. The minimum Gasteiger partial charge on any atom is -0.668 e. The second kappa shape index (κ2) is 9.59.